The van der Waals surface area contributed by atoms with Crippen LogP contribution in [0, 0.1) is 6.92 Å². The normalized spacial score (nSPS) is 12.3. The zero-order chi connectivity index (χ0) is 24.5. The lowest BCUT2D eigenvalue weighted by atomic mass is 10.0. The van der Waals surface area contributed by atoms with E-state index in [2.05, 4.69) is 32.6 Å². The Morgan fingerprint density at radius 2 is 1.79 bits per heavy atom. The second-order valence-electron chi connectivity index (χ2n) is 8.41. The molecule has 4 aromatic rings. The summed E-state index contributed by atoms with van der Waals surface area (Å²) in [6, 6.07) is 15.0. The van der Waals surface area contributed by atoms with Gasteiger partial charge in [0, 0.05) is 29.0 Å². The minimum absolute atomic E-state index is 0.234. The van der Waals surface area contributed by atoms with Crippen molar-refractivity contribution in [2.24, 2.45) is 0 Å². The summed E-state index contributed by atoms with van der Waals surface area (Å²) in [5.41, 5.74) is 11.8. The van der Waals surface area contributed by atoms with Crippen molar-refractivity contribution in [3.05, 3.63) is 65.9 Å². The molecule has 2 heterocycles. The lowest BCUT2D eigenvalue weighted by molar-refractivity contribution is 0.433. The number of nitrogens with two attached hydrogens (primary N) is 1. The lowest BCUT2D eigenvalue weighted by Crippen LogP contribution is -2.10. The predicted octanol–water partition coefficient (Wildman–Crippen LogP) is 5.59. The van der Waals surface area contributed by atoms with Gasteiger partial charge in [-0.1, -0.05) is 35.5 Å². The summed E-state index contributed by atoms with van der Waals surface area (Å²) < 4.78 is 26.4. The topological polar surface area (TPSA) is 130 Å². The predicted molar refractivity (Wildman–Crippen MR) is 137 cm³/mol. The van der Waals surface area contributed by atoms with Gasteiger partial charge in [-0.15, -0.1) is 0 Å². The third-order valence-electron chi connectivity index (χ3n) is 5.65. The first-order valence-corrected chi connectivity index (χ1v) is 12.5. The van der Waals surface area contributed by atoms with Gasteiger partial charge in [0.05, 0.1) is 16.8 Å². The van der Waals surface area contributed by atoms with Crippen LogP contribution in [0.4, 0.5) is 5.82 Å². The minimum Gasteiger partial charge on any atom is -0.382 e. The third-order valence-corrected chi connectivity index (χ3v) is 7.93. The Bertz CT molecular complexity index is 1300. The number of hydrogen-bond acceptors (Lipinski definition) is 8. The Labute approximate surface area is 200 Å². The third kappa shape index (κ3) is 4.69. The summed E-state index contributed by atoms with van der Waals surface area (Å²) in [6.07, 6.45) is 1.58. The molecule has 0 aliphatic rings. The van der Waals surface area contributed by atoms with Crippen LogP contribution in [0.5, 0.6) is 0 Å². The van der Waals surface area contributed by atoms with Crippen molar-refractivity contribution in [2.75, 3.05) is 12.8 Å². The quantitative estimate of drug-likeness (QED) is 0.270. The van der Waals surface area contributed by atoms with Gasteiger partial charge in [-0.2, -0.15) is 10.6 Å². The number of aryl methyl sites for hydroxylation is 1. The number of hydrogen-bond donors (Lipinski definition) is 4. The molecule has 9 heteroatoms. The van der Waals surface area contributed by atoms with Crippen molar-refractivity contribution in [3.63, 3.8) is 0 Å². The molecule has 2 aromatic carbocycles. The number of nitrogen functional groups attached to an aromatic ring is 1. The fourth-order valence-corrected chi connectivity index (χ4v) is 4.74. The van der Waals surface area contributed by atoms with E-state index in [1.165, 1.54) is 5.56 Å². The molecule has 2 aromatic heterocycles. The highest BCUT2D eigenvalue weighted by Gasteiger charge is 2.21. The van der Waals surface area contributed by atoms with Gasteiger partial charge in [0.1, 0.15) is 5.69 Å². The summed E-state index contributed by atoms with van der Waals surface area (Å²) in [7, 11) is -0.933. The highest BCUT2D eigenvalue weighted by atomic mass is 32.3. The average Bonchev–Trinajstić information content (AvgIpc) is 3.29. The monoisotopic (exact) mass is 479 g/mol. The summed E-state index contributed by atoms with van der Waals surface area (Å²) >= 11 is 0. The smallest absolute Gasteiger partial charge is 0.189 e. The molecule has 0 aliphatic heterocycles. The van der Waals surface area contributed by atoms with Gasteiger partial charge < -0.3 is 15.6 Å². The van der Waals surface area contributed by atoms with E-state index in [-0.39, 0.29) is 11.1 Å². The molecular formula is C25H29N5O3S. The van der Waals surface area contributed by atoms with Crippen LogP contribution in [0.15, 0.2) is 64.1 Å². The summed E-state index contributed by atoms with van der Waals surface area (Å²) in [5, 5.41) is 7.11. The Morgan fingerprint density at radius 1 is 1.06 bits per heavy atom. The van der Waals surface area contributed by atoms with Gasteiger partial charge >= 0.3 is 0 Å². The Kier molecular flexibility index (Phi) is 6.72. The Morgan fingerprint density at radius 3 is 2.44 bits per heavy atom. The van der Waals surface area contributed by atoms with Crippen molar-refractivity contribution in [1.29, 1.82) is 0 Å². The molecule has 4 rings (SSSR count). The molecule has 0 fully saturated rings. The molecule has 0 amide bonds. The molecule has 0 atom stereocenters. The number of nitrogens with one attached hydrogen (secondary N) is 1. The first-order chi connectivity index (χ1) is 16.2. The fourth-order valence-electron chi connectivity index (χ4n) is 3.66. The molecule has 0 saturated heterocycles. The van der Waals surface area contributed by atoms with E-state index in [0.717, 1.165) is 23.2 Å². The van der Waals surface area contributed by atoms with Crippen LogP contribution in [-0.2, 0) is 6.54 Å². The number of aromatic nitrogens is 3. The van der Waals surface area contributed by atoms with E-state index in [4.69, 9.17) is 10.3 Å². The van der Waals surface area contributed by atoms with E-state index < -0.39 is 10.6 Å². The second kappa shape index (κ2) is 9.55. The highest BCUT2D eigenvalue weighted by molar-refractivity contribution is 8.24. The van der Waals surface area contributed by atoms with Crippen molar-refractivity contribution < 1.29 is 13.6 Å². The molecule has 0 bridgehead atoms. The number of anilines is 1. The SMILES string of the molecule is CNCc1ccc(-c2cc(-c3nc(-c4ccc(S(O)(O)C(C)C)cc4)cnc3N)on2)c(C)c1. The molecule has 0 unspecified atom stereocenters. The number of benzene rings is 2. The van der Waals surface area contributed by atoms with Gasteiger partial charge in [0.15, 0.2) is 17.3 Å². The molecule has 0 spiro atoms. The van der Waals surface area contributed by atoms with Gasteiger partial charge in [0.25, 0.3) is 0 Å². The molecule has 8 nitrogen and oxygen atoms in total. The van der Waals surface area contributed by atoms with Gasteiger partial charge in [-0.3, -0.25) is 9.11 Å². The van der Waals surface area contributed by atoms with E-state index >= 15 is 0 Å². The summed E-state index contributed by atoms with van der Waals surface area (Å²) in [6.45, 7) is 6.40. The maximum absolute atomic E-state index is 10.4. The average molecular weight is 480 g/mol. The zero-order valence-electron chi connectivity index (χ0n) is 19.6. The van der Waals surface area contributed by atoms with Crippen LogP contribution in [0.1, 0.15) is 25.0 Å². The van der Waals surface area contributed by atoms with Gasteiger partial charge in [0.2, 0.25) is 0 Å². The largest absolute Gasteiger partial charge is 0.382 e. The van der Waals surface area contributed by atoms with Gasteiger partial charge in [-0.05, 0) is 51.1 Å². The van der Waals surface area contributed by atoms with E-state index in [1.807, 2.05) is 26.1 Å². The van der Waals surface area contributed by atoms with E-state index in [1.54, 1.807) is 44.3 Å². The molecule has 0 radical (unpaired) electrons. The molecule has 0 aliphatic carbocycles. The van der Waals surface area contributed by atoms with Crippen LogP contribution in [-0.4, -0.2) is 36.5 Å². The van der Waals surface area contributed by atoms with Crippen LogP contribution in [0.2, 0.25) is 0 Å². The van der Waals surface area contributed by atoms with E-state index in [0.29, 0.717) is 27.7 Å². The standard InChI is InChI=1S/C25H29N5O3S/c1-15(2)34(31,32)19-8-6-18(7-9-19)22-14-28-25(26)24(29-22)23-12-21(30-33-23)20-10-5-17(13-27-4)11-16(20)3/h5-12,14-15,27,31-32H,13H2,1-4H3,(H2,26,28). The molecular weight excluding hydrogens is 450 g/mol. The van der Waals surface area contributed by atoms with Gasteiger partial charge in [-0.25, -0.2) is 9.97 Å². The zero-order valence-corrected chi connectivity index (χ0v) is 20.4. The maximum atomic E-state index is 10.4. The minimum atomic E-state index is -2.85. The van der Waals surface area contributed by atoms with Crippen molar-refractivity contribution in [1.82, 2.24) is 20.4 Å². The van der Waals surface area contributed by atoms with Crippen molar-refractivity contribution >= 4 is 16.4 Å². The number of nitrogens with zero attached hydrogens (tertiary/aromatic N) is 3. The Hall–Kier alpha value is -3.24. The first kappa shape index (κ1) is 23.9. The summed E-state index contributed by atoms with van der Waals surface area (Å²) in [4.78, 5) is 9.44. The fraction of sp³-hybridized carbons (Fsp3) is 0.240. The summed E-state index contributed by atoms with van der Waals surface area (Å²) in [5.74, 6) is 0.657. The van der Waals surface area contributed by atoms with Crippen LogP contribution >= 0.6 is 10.6 Å². The molecule has 178 valence electrons. The second-order valence-corrected chi connectivity index (χ2v) is 11.0. The van der Waals surface area contributed by atoms with Crippen molar-refractivity contribution in [3.8, 4) is 34.0 Å². The molecule has 5 N–H and O–H groups in total. The molecule has 34 heavy (non-hydrogen) atoms. The molecule has 0 saturated carbocycles. The first-order valence-electron chi connectivity index (χ1n) is 10.9. The lowest BCUT2D eigenvalue weighted by Gasteiger charge is -2.36. The van der Waals surface area contributed by atoms with E-state index in [9.17, 15) is 9.11 Å². The highest BCUT2D eigenvalue weighted by Crippen LogP contribution is 2.52. The Balaban J connectivity index is 1.65. The van der Waals surface area contributed by atoms with Crippen LogP contribution in [0.3, 0.4) is 0 Å². The van der Waals surface area contributed by atoms with Crippen LogP contribution < -0.4 is 11.1 Å². The van der Waals surface area contributed by atoms with Crippen LogP contribution in [0.25, 0.3) is 34.0 Å². The van der Waals surface area contributed by atoms with Crippen molar-refractivity contribution in [2.45, 2.75) is 37.5 Å². The maximum Gasteiger partial charge on any atom is 0.189 e. The number of rotatable bonds is 7.